The number of nitrogens with one attached hydrogen (secondary N) is 1. The Morgan fingerprint density at radius 2 is 1.79 bits per heavy atom. The van der Waals surface area contributed by atoms with E-state index in [9.17, 15) is 0 Å². The van der Waals surface area contributed by atoms with Gasteiger partial charge in [0.1, 0.15) is 0 Å². The van der Waals surface area contributed by atoms with E-state index in [1.807, 2.05) is 24.4 Å². The minimum Gasteiger partial charge on any atom is -0.352 e. The van der Waals surface area contributed by atoms with Gasteiger partial charge in [-0.15, -0.1) is 0 Å². The zero-order valence-corrected chi connectivity index (χ0v) is 17.9. The molecule has 2 atom stereocenters. The van der Waals surface area contributed by atoms with Crippen molar-refractivity contribution in [2.45, 2.75) is 19.0 Å². The van der Waals surface area contributed by atoms with Crippen molar-refractivity contribution >= 4 is 17.3 Å². The second-order valence-corrected chi connectivity index (χ2v) is 8.08. The van der Waals surface area contributed by atoms with Gasteiger partial charge in [0.15, 0.2) is 5.11 Å². The maximum Gasteiger partial charge on any atom is 0.170 e. The Bertz CT molecular complexity index is 967. The van der Waals surface area contributed by atoms with E-state index in [0.717, 1.165) is 29.6 Å². The number of likely N-dealkylation sites (N-methyl/N-ethyl adjacent to an activating group) is 1. The first-order chi connectivity index (χ1) is 14.1. The molecule has 3 heterocycles. The van der Waals surface area contributed by atoms with Gasteiger partial charge in [-0.3, -0.25) is 4.98 Å². The highest BCUT2D eigenvalue weighted by atomic mass is 32.1. The van der Waals surface area contributed by atoms with E-state index < -0.39 is 0 Å². The van der Waals surface area contributed by atoms with Crippen LogP contribution < -0.4 is 5.32 Å². The van der Waals surface area contributed by atoms with Crippen LogP contribution in [0.4, 0.5) is 0 Å². The summed E-state index contributed by atoms with van der Waals surface area (Å²) >= 11 is 5.77. The topological polar surface area (TPSA) is 36.3 Å². The van der Waals surface area contributed by atoms with Crippen molar-refractivity contribution in [2.24, 2.45) is 0 Å². The van der Waals surface area contributed by atoms with Crippen LogP contribution in [0, 0.1) is 6.92 Å². The van der Waals surface area contributed by atoms with Crippen LogP contribution in [0.15, 0.2) is 66.9 Å². The van der Waals surface area contributed by atoms with Gasteiger partial charge in [-0.1, -0.05) is 24.3 Å². The molecule has 1 saturated heterocycles. The second-order valence-electron chi connectivity index (χ2n) is 7.69. The minimum atomic E-state index is 0.00243. The normalized spacial score (nSPS) is 19.0. The molecule has 5 nitrogen and oxygen atoms in total. The molecular weight excluding hydrogens is 378 g/mol. The SMILES string of the molecule is Cc1ccc([C@@H]2[C@@H](c3ccccn3)NC(=S)N2CCN(C)C)n1-c1ccccc1. The molecule has 0 unspecified atom stereocenters. The molecule has 6 heteroatoms. The van der Waals surface area contributed by atoms with Crippen LogP contribution in [0.25, 0.3) is 5.69 Å². The van der Waals surface area contributed by atoms with E-state index in [2.05, 4.69) is 88.2 Å². The molecule has 1 aliphatic rings. The summed E-state index contributed by atoms with van der Waals surface area (Å²) in [5, 5.41) is 4.33. The van der Waals surface area contributed by atoms with E-state index in [-0.39, 0.29) is 12.1 Å². The lowest BCUT2D eigenvalue weighted by Gasteiger charge is -2.30. The van der Waals surface area contributed by atoms with Gasteiger partial charge in [0.2, 0.25) is 0 Å². The summed E-state index contributed by atoms with van der Waals surface area (Å²) in [7, 11) is 4.18. The smallest absolute Gasteiger partial charge is 0.170 e. The summed E-state index contributed by atoms with van der Waals surface area (Å²) in [4.78, 5) is 9.14. The number of hydrogen-bond acceptors (Lipinski definition) is 3. The molecule has 0 bridgehead atoms. The number of hydrogen-bond donors (Lipinski definition) is 1. The maximum atomic E-state index is 5.77. The van der Waals surface area contributed by atoms with Gasteiger partial charge in [-0.2, -0.15) is 0 Å². The zero-order chi connectivity index (χ0) is 20.4. The predicted octanol–water partition coefficient (Wildman–Crippen LogP) is 3.71. The fraction of sp³-hybridized carbons (Fsp3) is 0.304. The van der Waals surface area contributed by atoms with Gasteiger partial charge in [0.25, 0.3) is 0 Å². The molecule has 150 valence electrons. The molecular formula is C23H27N5S. The van der Waals surface area contributed by atoms with E-state index >= 15 is 0 Å². The number of pyridine rings is 1. The summed E-state index contributed by atoms with van der Waals surface area (Å²) in [6.45, 7) is 3.93. The van der Waals surface area contributed by atoms with Crippen LogP contribution in [-0.4, -0.2) is 51.6 Å². The highest BCUT2D eigenvalue weighted by Crippen LogP contribution is 2.40. The third kappa shape index (κ3) is 3.91. The monoisotopic (exact) mass is 405 g/mol. The van der Waals surface area contributed by atoms with E-state index in [1.165, 1.54) is 11.4 Å². The highest BCUT2D eigenvalue weighted by Gasteiger charge is 2.41. The van der Waals surface area contributed by atoms with Crippen molar-refractivity contribution in [2.75, 3.05) is 27.2 Å². The number of aryl methyl sites for hydroxylation is 1. The molecule has 2 aromatic heterocycles. The Hall–Kier alpha value is -2.70. The Labute approximate surface area is 178 Å². The molecule has 29 heavy (non-hydrogen) atoms. The molecule has 0 aliphatic carbocycles. The van der Waals surface area contributed by atoms with Crippen molar-refractivity contribution < 1.29 is 0 Å². The van der Waals surface area contributed by atoms with Crippen molar-refractivity contribution in [3.05, 3.63) is 83.9 Å². The van der Waals surface area contributed by atoms with Crippen molar-refractivity contribution in [3.8, 4) is 5.69 Å². The third-order valence-electron chi connectivity index (χ3n) is 5.41. The number of benzene rings is 1. The van der Waals surface area contributed by atoms with Gasteiger partial charge in [0, 0.05) is 36.4 Å². The quantitative estimate of drug-likeness (QED) is 0.633. The van der Waals surface area contributed by atoms with E-state index in [4.69, 9.17) is 12.2 Å². The Balaban J connectivity index is 1.81. The first kappa shape index (κ1) is 19.6. The molecule has 3 aromatic rings. The summed E-state index contributed by atoms with van der Waals surface area (Å²) in [5.41, 5.74) is 4.59. The summed E-state index contributed by atoms with van der Waals surface area (Å²) in [6, 6.07) is 21.0. The van der Waals surface area contributed by atoms with Crippen LogP contribution in [0.3, 0.4) is 0 Å². The number of para-hydroxylation sites is 1. The van der Waals surface area contributed by atoms with Crippen molar-refractivity contribution in [3.63, 3.8) is 0 Å². The largest absolute Gasteiger partial charge is 0.352 e. The van der Waals surface area contributed by atoms with E-state index in [0.29, 0.717) is 0 Å². The predicted molar refractivity (Wildman–Crippen MR) is 121 cm³/mol. The van der Waals surface area contributed by atoms with Crippen LogP contribution >= 0.6 is 12.2 Å². The lowest BCUT2D eigenvalue weighted by atomic mass is 10.0. The molecule has 1 aromatic carbocycles. The Kier molecular flexibility index (Phi) is 5.65. The molecule has 0 radical (unpaired) electrons. The van der Waals surface area contributed by atoms with Crippen LogP contribution in [0.2, 0.25) is 0 Å². The Morgan fingerprint density at radius 1 is 1.03 bits per heavy atom. The average molecular weight is 406 g/mol. The van der Waals surface area contributed by atoms with Crippen molar-refractivity contribution in [1.82, 2.24) is 24.7 Å². The molecule has 4 rings (SSSR count). The Morgan fingerprint density at radius 3 is 2.48 bits per heavy atom. The fourth-order valence-electron chi connectivity index (χ4n) is 3.99. The summed E-state index contributed by atoms with van der Waals surface area (Å²) in [6.07, 6.45) is 1.85. The maximum absolute atomic E-state index is 5.77. The lowest BCUT2D eigenvalue weighted by molar-refractivity contribution is 0.272. The molecule has 0 spiro atoms. The van der Waals surface area contributed by atoms with Gasteiger partial charge in [0.05, 0.1) is 17.8 Å². The number of rotatable bonds is 6. The van der Waals surface area contributed by atoms with Crippen molar-refractivity contribution in [1.29, 1.82) is 0 Å². The molecule has 0 amide bonds. The first-order valence-electron chi connectivity index (χ1n) is 9.92. The molecule has 0 saturated carbocycles. The minimum absolute atomic E-state index is 0.00243. The third-order valence-corrected chi connectivity index (χ3v) is 5.76. The number of thiocarbonyl (C=S) groups is 1. The molecule has 1 N–H and O–H groups in total. The van der Waals surface area contributed by atoms with Crippen LogP contribution in [0.5, 0.6) is 0 Å². The summed E-state index contributed by atoms with van der Waals surface area (Å²) in [5.74, 6) is 0. The number of nitrogens with zero attached hydrogens (tertiary/aromatic N) is 4. The average Bonchev–Trinajstić information content (AvgIpc) is 3.27. The second kappa shape index (κ2) is 8.35. The zero-order valence-electron chi connectivity index (χ0n) is 17.1. The van der Waals surface area contributed by atoms with Gasteiger partial charge >= 0.3 is 0 Å². The lowest BCUT2D eigenvalue weighted by Crippen LogP contribution is -2.36. The summed E-state index contributed by atoms with van der Waals surface area (Å²) < 4.78 is 2.33. The highest BCUT2D eigenvalue weighted by molar-refractivity contribution is 7.80. The van der Waals surface area contributed by atoms with Gasteiger partial charge in [-0.05, 0) is 69.6 Å². The number of aromatic nitrogens is 2. The van der Waals surface area contributed by atoms with Gasteiger partial charge in [-0.25, -0.2) is 0 Å². The standard InChI is InChI=1S/C23H27N5S/c1-17-12-13-20(28(17)18-9-5-4-6-10-18)22-21(19-11-7-8-14-24-19)25-23(29)27(22)16-15-26(2)3/h4-14,21-22H,15-16H2,1-3H3,(H,25,29)/t21-,22-/m1/s1. The van der Waals surface area contributed by atoms with Crippen LogP contribution in [-0.2, 0) is 0 Å². The van der Waals surface area contributed by atoms with E-state index in [1.54, 1.807) is 0 Å². The van der Waals surface area contributed by atoms with Gasteiger partial charge < -0.3 is 19.7 Å². The van der Waals surface area contributed by atoms with Crippen LogP contribution in [0.1, 0.15) is 29.2 Å². The first-order valence-corrected chi connectivity index (χ1v) is 10.3. The molecule has 1 fully saturated rings. The molecule has 1 aliphatic heterocycles. The fourth-order valence-corrected chi connectivity index (χ4v) is 4.33.